The highest BCUT2D eigenvalue weighted by molar-refractivity contribution is 5.18. The van der Waals surface area contributed by atoms with Crippen molar-refractivity contribution < 1.29 is 4.52 Å². The molecule has 2 aliphatic heterocycles. The molecular formula is C16H20N4O. The fraction of sp³-hybridized carbons (Fsp3) is 0.500. The van der Waals surface area contributed by atoms with Crippen LogP contribution in [0.3, 0.4) is 0 Å². The Labute approximate surface area is 124 Å². The van der Waals surface area contributed by atoms with Gasteiger partial charge in [0.05, 0.1) is 6.54 Å². The molecule has 2 aromatic rings. The summed E-state index contributed by atoms with van der Waals surface area (Å²) in [6.45, 7) is 5.39. The molecule has 0 saturated carbocycles. The van der Waals surface area contributed by atoms with Crippen molar-refractivity contribution in [3.63, 3.8) is 0 Å². The lowest BCUT2D eigenvalue weighted by Crippen LogP contribution is -2.25. The largest absolute Gasteiger partial charge is 0.338 e. The molecule has 1 aromatic heterocycles. The number of nitrogens with zero attached hydrogens (tertiary/aromatic N) is 3. The van der Waals surface area contributed by atoms with Gasteiger partial charge in [0.25, 0.3) is 0 Å². The van der Waals surface area contributed by atoms with Gasteiger partial charge in [-0.25, -0.2) is 0 Å². The summed E-state index contributed by atoms with van der Waals surface area (Å²) in [5.74, 6) is 3.12. The summed E-state index contributed by atoms with van der Waals surface area (Å²) >= 11 is 0. The number of hydrogen-bond acceptors (Lipinski definition) is 5. The Kier molecular flexibility index (Phi) is 3.45. The zero-order valence-corrected chi connectivity index (χ0v) is 12.0. The van der Waals surface area contributed by atoms with Crippen LogP contribution in [-0.4, -0.2) is 41.2 Å². The molecule has 21 heavy (non-hydrogen) atoms. The number of likely N-dealkylation sites (tertiary alicyclic amines) is 1. The highest BCUT2D eigenvalue weighted by atomic mass is 16.5. The minimum atomic E-state index is 0.736. The summed E-state index contributed by atoms with van der Waals surface area (Å²) in [5.41, 5.74) is 1.21. The van der Waals surface area contributed by atoms with Crippen molar-refractivity contribution in [1.29, 1.82) is 0 Å². The molecule has 5 nitrogen and oxygen atoms in total. The molecule has 0 radical (unpaired) electrons. The van der Waals surface area contributed by atoms with E-state index in [0.717, 1.165) is 62.7 Å². The number of aromatic nitrogens is 2. The van der Waals surface area contributed by atoms with Crippen LogP contribution in [0, 0.1) is 11.8 Å². The number of hydrogen-bond donors (Lipinski definition) is 1. The Bertz CT molecular complexity index is 585. The second kappa shape index (κ2) is 5.58. The van der Waals surface area contributed by atoms with Crippen molar-refractivity contribution in [2.45, 2.75) is 13.0 Å². The van der Waals surface area contributed by atoms with Crippen LogP contribution in [0.25, 0.3) is 0 Å². The minimum Gasteiger partial charge on any atom is -0.338 e. The summed E-state index contributed by atoms with van der Waals surface area (Å²) in [4.78, 5) is 6.97. The molecule has 110 valence electrons. The van der Waals surface area contributed by atoms with Crippen LogP contribution in [0.1, 0.15) is 17.3 Å². The van der Waals surface area contributed by atoms with E-state index < -0.39 is 0 Å². The van der Waals surface area contributed by atoms with E-state index in [0.29, 0.717) is 0 Å². The fourth-order valence-corrected chi connectivity index (χ4v) is 3.48. The smallest absolute Gasteiger partial charge is 0.240 e. The summed E-state index contributed by atoms with van der Waals surface area (Å²) < 4.78 is 5.40. The van der Waals surface area contributed by atoms with Crippen molar-refractivity contribution in [3.05, 3.63) is 47.6 Å². The summed E-state index contributed by atoms with van der Waals surface area (Å²) in [5, 5.41) is 7.56. The van der Waals surface area contributed by atoms with Gasteiger partial charge in [0.1, 0.15) is 0 Å². The normalized spacial score (nSPS) is 25.3. The van der Waals surface area contributed by atoms with Gasteiger partial charge in [-0.2, -0.15) is 4.98 Å². The summed E-state index contributed by atoms with van der Waals surface area (Å²) in [6.07, 6.45) is 0.736. The number of nitrogens with one attached hydrogen (secondary N) is 1. The molecule has 3 heterocycles. The summed E-state index contributed by atoms with van der Waals surface area (Å²) in [7, 11) is 0. The van der Waals surface area contributed by atoms with Gasteiger partial charge in [0, 0.05) is 19.5 Å². The molecule has 0 aliphatic carbocycles. The quantitative estimate of drug-likeness (QED) is 0.917. The van der Waals surface area contributed by atoms with Crippen molar-refractivity contribution in [1.82, 2.24) is 20.4 Å². The van der Waals surface area contributed by atoms with Gasteiger partial charge >= 0.3 is 0 Å². The summed E-state index contributed by atoms with van der Waals surface area (Å²) in [6, 6.07) is 10.3. The Morgan fingerprint density at radius 2 is 1.90 bits per heavy atom. The lowest BCUT2D eigenvalue weighted by Gasteiger charge is -2.13. The van der Waals surface area contributed by atoms with Gasteiger partial charge < -0.3 is 9.84 Å². The van der Waals surface area contributed by atoms with Gasteiger partial charge in [0.15, 0.2) is 5.82 Å². The predicted octanol–water partition coefficient (Wildman–Crippen LogP) is 1.31. The van der Waals surface area contributed by atoms with Crippen molar-refractivity contribution in [3.8, 4) is 0 Å². The van der Waals surface area contributed by atoms with Crippen molar-refractivity contribution in [2.75, 3.05) is 26.2 Å². The molecule has 1 aromatic carbocycles. The number of fused-ring (bicyclic) bond motifs is 1. The average Bonchev–Trinajstić information content (AvgIpc) is 3.17. The van der Waals surface area contributed by atoms with E-state index in [4.69, 9.17) is 4.52 Å². The first-order valence-electron chi connectivity index (χ1n) is 7.65. The van der Waals surface area contributed by atoms with Crippen LogP contribution in [0.4, 0.5) is 0 Å². The van der Waals surface area contributed by atoms with Gasteiger partial charge in [-0.3, -0.25) is 4.90 Å². The molecule has 0 spiro atoms. The maximum absolute atomic E-state index is 5.40. The Hall–Kier alpha value is -1.72. The third-order valence-corrected chi connectivity index (χ3v) is 4.54. The SMILES string of the molecule is c1ccc(Cc2noc(CN3CC4CNCC4C3)n2)cc1. The third kappa shape index (κ3) is 2.84. The van der Waals surface area contributed by atoms with Crippen molar-refractivity contribution in [2.24, 2.45) is 11.8 Å². The molecular weight excluding hydrogens is 264 g/mol. The van der Waals surface area contributed by atoms with Crippen molar-refractivity contribution >= 4 is 0 Å². The maximum Gasteiger partial charge on any atom is 0.240 e. The molecule has 4 rings (SSSR count). The van der Waals surface area contributed by atoms with Gasteiger partial charge in [-0.1, -0.05) is 35.5 Å². The molecule has 2 atom stereocenters. The molecule has 0 bridgehead atoms. The number of rotatable bonds is 4. The molecule has 2 saturated heterocycles. The van der Waals surface area contributed by atoms with E-state index in [1.165, 1.54) is 5.56 Å². The first-order valence-corrected chi connectivity index (χ1v) is 7.65. The van der Waals surface area contributed by atoms with Crippen LogP contribution in [0.15, 0.2) is 34.9 Å². The van der Waals surface area contributed by atoms with E-state index in [2.05, 4.69) is 32.5 Å². The molecule has 5 heteroatoms. The topological polar surface area (TPSA) is 54.2 Å². The van der Waals surface area contributed by atoms with Gasteiger partial charge in [0.2, 0.25) is 5.89 Å². The molecule has 2 aliphatic rings. The zero-order valence-electron chi connectivity index (χ0n) is 12.0. The van der Waals surface area contributed by atoms with Crippen LogP contribution in [0.2, 0.25) is 0 Å². The lowest BCUT2D eigenvalue weighted by atomic mass is 10.0. The zero-order chi connectivity index (χ0) is 14.1. The minimum absolute atomic E-state index is 0.736. The van der Waals surface area contributed by atoms with E-state index >= 15 is 0 Å². The van der Waals surface area contributed by atoms with Gasteiger partial charge in [-0.15, -0.1) is 0 Å². The first kappa shape index (κ1) is 13.0. The van der Waals surface area contributed by atoms with Gasteiger partial charge in [-0.05, 0) is 30.5 Å². The third-order valence-electron chi connectivity index (χ3n) is 4.54. The van der Waals surface area contributed by atoms with E-state index in [-0.39, 0.29) is 0 Å². The average molecular weight is 284 g/mol. The highest BCUT2D eigenvalue weighted by Crippen LogP contribution is 2.27. The highest BCUT2D eigenvalue weighted by Gasteiger charge is 2.36. The van der Waals surface area contributed by atoms with E-state index in [1.54, 1.807) is 0 Å². The van der Waals surface area contributed by atoms with Crippen LogP contribution < -0.4 is 5.32 Å². The monoisotopic (exact) mass is 284 g/mol. The predicted molar refractivity (Wildman–Crippen MR) is 78.7 cm³/mol. The van der Waals surface area contributed by atoms with E-state index in [9.17, 15) is 0 Å². The van der Waals surface area contributed by atoms with E-state index in [1.807, 2.05) is 18.2 Å². The standard InChI is InChI=1S/C16H20N4O/c1-2-4-12(5-3-1)6-15-18-16(21-19-15)11-20-9-13-7-17-8-14(13)10-20/h1-5,13-14,17H,6-11H2. The Balaban J connectivity index is 1.37. The van der Waals surface area contributed by atoms with Crippen LogP contribution in [0.5, 0.6) is 0 Å². The second-order valence-electron chi connectivity index (χ2n) is 6.14. The first-order chi connectivity index (χ1) is 10.4. The molecule has 2 unspecified atom stereocenters. The number of benzene rings is 1. The lowest BCUT2D eigenvalue weighted by molar-refractivity contribution is 0.253. The maximum atomic E-state index is 5.40. The molecule has 0 amide bonds. The Morgan fingerprint density at radius 3 is 2.67 bits per heavy atom. The van der Waals surface area contributed by atoms with Crippen LogP contribution >= 0.6 is 0 Å². The molecule has 1 N–H and O–H groups in total. The second-order valence-corrected chi connectivity index (χ2v) is 6.14. The molecule has 2 fully saturated rings. The Morgan fingerprint density at radius 1 is 1.14 bits per heavy atom. The fourth-order valence-electron chi connectivity index (χ4n) is 3.48. The van der Waals surface area contributed by atoms with Crippen LogP contribution in [-0.2, 0) is 13.0 Å².